The summed E-state index contributed by atoms with van der Waals surface area (Å²) in [5.74, 6) is -0.303. The molecule has 9 nitrogen and oxygen atoms in total. The first kappa shape index (κ1) is 30.8. The molecule has 1 N–H and O–H groups in total. The topological polar surface area (TPSA) is 112 Å². The lowest BCUT2D eigenvalue weighted by Gasteiger charge is -2.33. The van der Waals surface area contributed by atoms with Crippen LogP contribution in [0.5, 0.6) is 0 Å². The van der Waals surface area contributed by atoms with Crippen molar-refractivity contribution in [2.75, 3.05) is 18.2 Å². The van der Waals surface area contributed by atoms with Crippen molar-refractivity contribution in [1.29, 1.82) is 0 Å². The second-order valence-corrected chi connectivity index (χ2v) is 13.0. The highest BCUT2D eigenvalue weighted by molar-refractivity contribution is 7.98. The molecule has 1 amide bonds. The van der Waals surface area contributed by atoms with Crippen molar-refractivity contribution < 1.29 is 23.9 Å². The Morgan fingerprint density at radius 3 is 2.46 bits per heavy atom. The molecule has 11 heteroatoms. The first-order valence-electron chi connectivity index (χ1n) is 13.9. The normalized spacial score (nSPS) is 15.6. The minimum absolute atomic E-state index is 0.140. The maximum Gasteiger partial charge on any atom is 0.341 e. The smallest absolute Gasteiger partial charge is 0.341 e. The van der Waals surface area contributed by atoms with Crippen molar-refractivity contribution in [3.05, 3.63) is 51.7 Å². The fourth-order valence-electron chi connectivity index (χ4n) is 5.06. The van der Waals surface area contributed by atoms with E-state index in [1.807, 2.05) is 17.7 Å². The first-order chi connectivity index (χ1) is 19.5. The number of carbonyl (C=O) groups is 3. The zero-order valence-corrected chi connectivity index (χ0v) is 26.3. The molecule has 1 aromatic carbocycles. The minimum atomic E-state index is -1.03. The van der Waals surface area contributed by atoms with Gasteiger partial charge in [0.1, 0.15) is 10.8 Å². The zero-order valence-electron chi connectivity index (χ0n) is 24.7. The Bertz CT molecular complexity index is 1420. The quantitative estimate of drug-likeness (QED) is 0.227. The summed E-state index contributed by atoms with van der Waals surface area (Å²) in [6.45, 7) is 12.3. The number of carbonyl (C=O) groups excluding carboxylic acids is 3. The number of esters is 2. The van der Waals surface area contributed by atoms with Gasteiger partial charge >= 0.3 is 11.9 Å². The molecule has 0 saturated heterocycles. The molecule has 0 fully saturated rings. The van der Waals surface area contributed by atoms with Crippen LogP contribution in [0.2, 0.25) is 0 Å². The summed E-state index contributed by atoms with van der Waals surface area (Å²) in [5, 5.41) is 12.4. The number of nitrogens with one attached hydrogen (secondary N) is 1. The molecule has 2 heterocycles. The Labute approximate surface area is 249 Å². The van der Waals surface area contributed by atoms with Crippen LogP contribution in [0.25, 0.3) is 5.69 Å². The molecule has 3 aromatic rings. The number of hydrogen-bond donors (Lipinski definition) is 1. The van der Waals surface area contributed by atoms with Gasteiger partial charge in [0.05, 0.1) is 17.7 Å². The summed E-state index contributed by atoms with van der Waals surface area (Å²) in [5.41, 5.74) is 2.67. The van der Waals surface area contributed by atoms with Gasteiger partial charge in [0, 0.05) is 10.6 Å². The minimum Gasteiger partial charge on any atom is -0.462 e. The van der Waals surface area contributed by atoms with Gasteiger partial charge in [0.25, 0.3) is 5.91 Å². The molecule has 0 spiro atoms. The number of aromatic nitrogens is 3. The third kappa shape index (κ3) is 6.67. The molecule has 1 aliphatic rings. The highest BCUT2D eigenvalue weighted by atomic mass is 32.2. The molecule has 4 rings (SSSR count). The van der Waals surface area contributed by atoms with Gasteiger partial charge in [-0.3, -0.25) is 9.36 Å². The van der Waals surface area contributed by atoms with E-state index in [-0.39, 0.29) is 18.4 Å². The van der Waals surface area contributed by atoms with Crippen LogP contribution in [-0.4, -0.2) is 51.6 Å². The van der Waals surface area contributed by atoms with E-state index in [1.165, 1.54) is 23.1 Å². The molecule has 2 aromatic heterocycles. The third-order valence-electron chi connectivity index (χ3n) is 7.46. The van der Waals surface area contributed by atoms with E-state index < -0.39 is 23.9 Å². The van der Waals surface area contributed by atoms with Crippen molar-refractivity contribution in [2.24, 2.45) is 11.3 Å². The molecule has 220 valence electrons. The number of aryl methyl sites for hydroxylation is 1. The number of benzene rings is 1. The van der Waals surface area contributed by atoms with Crippen molar-refractivity contribution in [1.82, 2.24) is 14.8 Å². The van der Waals surface area contributed by atoms with Crippen LogP contribution in [0, 0.1) is 18.3 Å². The number of nitrogens with zero attached hydrogens (tertiary/aromatic N) is 3. The van der Waals surface area contributed by atoms with Crippen LogP contribution in [0.1, 0.15) is 84.4 Å². The van der Waals surface area contributed by atoms with Gasteiger partial charge < -0.3 is 14.8 Å². The van der Waals surface area contributed by atoms with E-state index in [0.29, 0.717) is 22.0 Å². The fraction of sp³-hybridized carbons (Fsp3) is 0.500. The Morgan fingerprint density at radius 2 is 1.85 bits per heavy atom. The van der Waals surface area contributed by atoms with Gasteiger partial charge in [-0.1, -0.05) is 39.5 Å². The average Bonchev–Trinajstić information content (AvgIpc) is 3.50. The number of hydrogen-bond acceptors (Lipinski definition) is 9. The molecular weight excluding hydrogens is 560 g/mol. The van der Waals surface area contributed by atoms with Crippen LogP contribution in [-0.2, 0) is 27.1 Å². The SMILES string of the molecule is CCOC(=O)c1c(NC(=O)C(CC)OC(=O)c2ccc(-n3c(C)nnc3SC)cc2)sc2c1CCC(C(C)(C)C)C2. The third-order valence-corrected chi connectivity index (χ3v) is 9.26. The van der Waals surface area contributed by atoms with E-state index >= 15 is 0 Å². The monoisotopic (exact) mass is 598 g/mol. The molecule has 2 unspecified atom stereocenters. The zero-order chi connectivity index (χ0) is 29.9. The Balaban J connectivity index is 1.51. The lowest BCUT2D eigenvalue weighted by molar-refractivity contribution is -0.124. The number of ether oxygens (including phenoxy) is 2. The predicted octanol–water partition coefficient (Wildman–Crippen LogP) is 6.26. The van der Waals surface area contributed by atoms with Crippen molar-refractivity contribution >= 4 is 45.9 Å². The summed E-state index contributed by atoms with van der Waals surface area (Å²) in [4.78, 5) is 40.4. The molecule has 0 bridgehead atoms. The van der Waals surface area contributed by atoms with Gasteiger partial charge in [-0.05, 0) is 86.9 Å². The van der Waals surface area contributed by atoms with E-state index in [1.54, 1.807) is 38.1 Å². The number of rotatable bonds is 9. The average molecular weight is 599 g/mol. The maximum absolute atomic E-state index is 13.3. The number of thiophene rings is 1. The number of anilines is 1. The first-order valence-corrected chi connectivity index (χ1v) is 15.9. The molecule has 0 aliphatic heterocycles. The van der Waals surface area contributed by atoms with Crippen LogP contribution >= 0.6 is 23.1 Å². The van der Waals surface area contributed by atoms with Crippen molar-refractivity contribution in [3.63, 3.8) is 0 Å². The van der Waals surface area contributed by atoms with Crippen LogP contribution in [0.3, 0.4) is 0 Å². The fourth-order valence-corrected chi connectivity index (χ4v) is 6.92. The van der Waals surface area contributed by atoms with E-state index in [0.717, 1.165) is 46.4 Å². The highest BCUT2D eigenvalue weighted by Crippen LogP contribution is 2.44. The number of thioether (sulfide) groups is 1. The van der Waals surface area contributed by atoms with Gasteiger partial charge in [0.2, 0.25) is 0 Å². The van der Waals surface area contributed by atoms with Crippen LogP contribution in [0.15, 0.2) is 29.4 Å². The second kappa shape index (κ2) is 12.8. The lowest BCUT2D eigenvalue weighted by atomic mass is 9.72. The summed E-state index contributed by atoms with van der Waals surface area (Å²) >= 11 is 2.90. The van der Waals surface area contributed by atoms with E-state index in [9.17, 15) is 14.4 Å². The number of amides is 1. The molecule has 41 heavy (non-hydrogen) atoms. The molecule has 1 aliphatic carbocycles. The standard InChI is InChI=1S/C30H38N4O5S2/c1-8-22(39-27(36)18-10-13-20(14-11-18)34-17(3)32-33-29(34)40-7)25(35)31-26-24(28(37)38-9-2)21-15-12-19(30(4,5)6)16-23(21)41-26/h10-11,13-14,19,22H,8-9,12,15-16H2,1-7H3,(H,31,35). The summed E-state index contributed by atoms with van der Waals surface area (Å²) in [7, 11) is 0. The molecule has 0 radical (unpaired) electrons. The molecule has 0 saturated carbocycles. The van der Waals surface area contributed by atoms with Crippen LogP contribution in [0.4, 0.5) is 5.00 Å². The summed E-state index contributed by atoms with van der Waals surface area (Å²) in [6, 6.07) is 6.90. The van der Waals surface area contributed by atoms with Crippen molar-refractivity contribution in [3.8, 4) is 5.69 Å². The number of fused-ring (bicyclic) bond motifs is 1. The lowest BCUT2D eigenvalue weighted by Crippen LogP contribution is -2.32. The summed E-state index contributed by atoms with van der Waals surface area (Å²) < 4.78 is 12.9. The summed E-state index contributed by atoms with van der Waals surface area (Å²) in [6.07, 6.45) is 3.75. The van der Waals surface area contributed by atoms with Gasteiger partial charge in [0.15, 0.2) is 11.3 Å². The molecular formula is C30H38N4O5S2. The predicted molar refractivity (Wildman–Crippen MR) is 161 cm³/mol. The van der Waals surface area contributed by atoms with Crippen LogP contribution < -0.4 is 5.32 Å². The largest absolute Gasteiger partial charge is 0.462 e. The van der Waals surface area contributed by atoms with Gasteiger partial charge in [-0.25, -0.2) is 9.59 Å². The second-order valence-electron chi connectivity index (χ2n) is 11.1. The van der Waals surface area contributed by atoms with Gasteiger partial charge in [-0.2, -0.15) is 0 Å². The Kier molecular flexibility index (Phi) is 9.59. The maximum atomic E-state index is 13.3. The highest BCUT2D eigenvalue weighted by Gasteiger charge is 2.35. The Hall–Kier alpha value is -3.18. The van der Waals surface area contributed by atoms with E-state index in [2.05, 4.69) is 36.3 Å². The van der Waals surface area contributed by atoms with Crippen molar-refractivity contribution in [2.45, 2.75) is 78.5 Å². The Morgan fingerprint density at radius 1 is 1.15 bits per heavy atom. The van der Waals surface area contributed by atoms with E-state index in [4.69, 9.17) is 9.47 Å². The van der Waals surface area contributed by atoms with Gasteiger partial charge in [-0.15, -0.1) is 21.5 Å². The molecule has 2 atom stereocenters.